The first-order chi connectivity index (χ1) is 8.89. The zero-order valence-electron chi connectivity index (χ0n) is 13.3. The van der Waals surface area contributed by atoms with Gasteiger partial charge in [-0.3, -0.25) is 4.79 Å². The lowest BCUT2D eigenvalue weighted by atomic mass is 9.65. The van der Waals surface area contributed by atoms with Crippen molar-refractivity contribution in [2.75, 3.05) is 0 Å². The van der Waals surface area contributed by atoms with Gasteiger partial charge in [0.25, 0.3) is 0 Å². The van der Waals surface area contributed by atoms with Crippen molar-refractivity contribution in [3.63, 3.8) is 0 Å². The van der Waals surface area contributed by atoms with Crippen LogP contribution in [0.2, 0.25) is 0 Å². The molecule has 0 aromatic heterocycles. The molecule has 1 saturated carbocycles. The van der Waals surface area contributed by atoms with Gasteiger partial charge in [0.15, 0.2) is 0 Å². The maximum Gasteiger partial charge on any atom is 0.330 e. The molecule has 0 aromatic carbocycles. The third-order valence-electron chi connectivity index (χ3n) is 4.59. The van der Waals surface area contributed by atoms with E-state index < -0.39 is 17.0 Å². The van der Waals surface area contributed by atoms with Crippen molar-refractivity contribution in [3.8, 4) is 0 Å². The predicted octanol–water partition coefficient (Wildman–Crippen LogP) is 3.41. The molecule has 1 unspecified atom stereocenters. The van der Waals surface area contributed by atoms with Gasteiger partial charge >= 0.3 is 11.9 Å². The number of carbonyl (C=O) groups excluding carboxylic acids is 1. The number of allylic oxidation sites excluding steroid dienone is 1. The van der Waals surface area contributed by atoms with Crippen molar-refractivity contribution in [3.05, 3.63) is 12.2 Å². The molecule has 0 spiro atoms. The molecular formula is C16H26O4. The molecular weight excluding hydrogens is 256 g/mol. The minimum atomic E-state index is -0.760. The molecule has 1 aliphatic carbocycles. The maximum atomic E-state index is 11.8. The van der Waals surface area contributed by atoms with E-state index in [1.807, 2.05) is 47.6 Å². The van der Waals surface area contributed by atoms with Gasteiger partial charge < -0.3 is 9.84 Å². The van der Waals surface area contributed by atoms with E-state index in [0.29, 0.717) is 6.42 Å². The number of ether oxygens (including phenoxy) is 1. The summed E-state index contributed by atoms with van der Waals surface area (Å²) in [4.78, 5) is 23.1. The number of carboxylic acid groups (broad SMARTS) is 1. The molecule has 0 aromatic rings. The van der Waals surface area contributed by atoms with Crippen LogP contribution in [0.15, 0.2) is 12.2 Å². The highest BCUT2D eigenvalue weighted by molar-refractivity contribution is 5.82. The molecule has 1 rings (SSSR count). The summed E-state index contributed by atoms with van der Waals surface area (Å²) < 4.78 is 5.24. The first kappa shape index (κ1) is 16.7. The molecule has 1 N–H and O–H groups in total. The third kappa shape index (κ3) is 3.41. The van der Waals surface area contributed by atoms with Gasteiger partial charge in [-0.25, -0.2) is 4.79 Å². The van der Waals surface area contributed by atoms with E-state index in [4.69, 9.17) is 4.74 Å². The molecule has 4 nitrogen and oxygen atoms in total. The zero-order valence-corrected chi connectivity index (χ0v) is 13.3. The molecule has 0 amide bonds. The average Bonchev–Trinajstić information content (AvgIpc) is 2.45. The van der Waals surface area contributed by atoms with Gasteiger partial charge in [0.05, 0.1) is 5.92 Å². The van der Waals surface area contributed by atoms with Gasteiger partial charge in [-0.15, -0.1) is 0 Å². The fourth-order valence-electron chi connectivity index (χ4n) is 2.84. The zero-order chi connectivity index (χ0) is 15.8. The van der Waals surface area contributed by atoms with Crippen molar-refractivity contribution in [2.45, 2.75) is 60.0 Å². The van der Waals surface area contributed by atoms with Crippen molar-refractivity contribution in [1.82, 2.24) is 0 Å². The van der Waals surface area contributed by atoms with Gasteiger partial charge in [-0.2, -0.15) is 0 Å². The van der Waals surface area contributed by atoms with Crippen LogP contribution >= 0.6 is 0 Å². The van der Waals surface area contributed by atoms with Crippen LogP contribution in [0.25, 0.3) is 0 Å². The molecule has 20 heavy (non-hydrogen) atoms. The first-order valence-electron chi connectivity index (χ1n) is 7.04. The van der Waals surface area contributed by atoms with Gasteiger partial charge in [0.1, 0.15) is 5.60 Å². The number of hydrogen-bond donors (Lipinski definition) is 1. The fourth-order valence-corrected chi connectivity index (χ4v) is 2.84. The van der Waals surface area contributed by atoms with Crippen LogP contribution in [0, 0.1) is 16.7 Å². The van der Waals surface area contributed by atoms with E-state index in [1.165, 1.54) is 6.08 Å². The number of esters is 1. The molecule has 4 heteroatoms. The van der Waals surface area contributed by atoms with E-state index in [9.17, 15) is 14.7 Å². The minimum absolute atomic E-state index is 0.313. The Morgan fingerprint density at radius 2 is 1.80 bits per heavy atom. The van der Waals surface area contributed by atoms with Crippen LogP contribution in [0.4, 0.5) is 0 Å². The quantitative estimate of drug-likeness (QED) is 0.636. The number of hydrogen-bond acceptors (Lipinski definition) is 3. The standard InChI is InChI=1S/C16H26O4/c1-14(2,3)20-12(17)8-10-16(6)9-7-11(13(18)19)15(16,4)5/h8,10-11H,7,9H2,1-6H3,(H,18,19)/b10-8-/t11-,16?/m1/s1. The van der Waals surface area contributed by atoms with Crippen molar-refractivity contribution < 1.29 is 19.4 Å². The van der Waals surface area contributed by atoms with Crippen LogP contribution in [-0.2, 0) is 14.3 Å². The molecule has 0 heterocycles. The number of carboxylic acids is 1. The van der Waals surface area contributed by atoms with Crippen molar-refractivity contribution in [1.29, 1.82) is 0 Å². The Morgan fingerprint density at radius 1 is 1.25 bits per heavy atom. The maximum absolute atomic E-state index is 11.8. The highest BCUT2D eigenvalue weighted by Crippen LogP contribution is 2.56. The van der Waals surface area contributed by atoms with Gasteiger partial charge in [-0.05, 0) is 44.4 Å². The average molecular weight is 282 g/mol. The Balaban J connectivity index is 2.86. The smallest absolute Gasteiger partial charge is 0.330 e. The summed E-state index contributed by atoms with van der Waals surface area (Å²) >= 11 is 0. The summed E-state index contributed by atoms with van der Waals surface area (Å²) in [7, 11) is 0. The summed E-state index contributed by atoms with van der Waals surface area (Å²) in [5.74, 6) is -1.52. The Bertz CT molecular complexity index is 428. The summed E-state index contributed by atoms with van der Waals surface area (Å²) in [5.41, 5.74) is -1.22. The second kappa shape index (κ2) is 5.23. The molecule has 0 radical (unpaired) electrons. The summed E-state index contributed by atoms with van der Waals surface area (Å²) in [6.07, 6.45) is 4.66. The predicted molar refractivity (Wildman–Crippen MR) is 77.2 cm³/mol. The number of aliphatic carboxylic acids is 1. The van der Waals surface area contributed by atoms with Crippen molar-refractivity contribution >= 4 is 11.9 Å². The fraction of sp³-hybridized carbons (Fsp3) is 0.750. The largest absolute Gasteiger partial charge is 0.481 e. The normalized spacial score (nSPS) is 29.6. The highest BCUT2D eigenvalue weighted by Gasteiger charge is 2.52. The monoisotopic (exact) mass is 282 g/mol. The van der Waals surface area contributed by atoms with Crippen LogP contribution in [0.5, 0.6) is 0 Å². The Morgan fingerprint density at radius 3 is 2.20 bits per heavy atom. The first-order valence-corrected chi connectivity index (χ1v) is 7.04. The Hall–Kier alpha value is -1.32. The Kier molecular flexibility index (Phi) is 4.37. The van der Waals surface area contributed by atoms with Crippen LogP contribution < -0.4 is 0 Å². The lowest BCUT2D eigenvalue weighted by molar-refractivity contribution is -0.148. The third-order valence-corrected chi connectivity index (χ3v) is 4.59. The molecule has 114 valence electrons. The topological polar surface area (TPSA) is 63.6 Å². The SMILES string of the molecule is CC(C)(C)OC(=O)/C=C\C1(C)CC[C@H](C(=O)O)C1(C)C. The lowest BCUT2D eigenvalue weighted by Gasteiger charge is -2.38. The van der Waals surface area contributed by atoms with Gasteiger partial charge in [0, 0.05) is 6.08 Å². The minimum Gasteiger partial charge on any atom is -0.481 e. The van der Waals surface area contributed by atoms with E-state index in [0.717, 1.165) is 6.42 Å². The molecule has 1 aliphatic rings. The highest BCUT2D eigenvalue weighted by atomic mass is 16.6. The van der Waals surface area contributed by atoms with Crippen LogP contribution in [0.1, 0.15) is 54.4 Å². The molecule has 0 aliphatic heterocycles. The van der Waals surface area contributed by atoms with E-state index >= 15 is 0 Å². The lowest BCUT2D eigenvalue weighted by Crippen LogP contribution is -2.36. The summed E-state index contributed by atoms with van der Waals surface area (Å²) in [6.45, 7) is 11.4. The molecule has 1 fully saturated rings. The summed E-state index contributed by atoms with van der Waals surface area (Å²) in [6, 6.07) is 0. The number of carbonyl (C=O) groups is 2. The second-order valence-corrected chi connectivity index (χ2v) is 7.44. The second-order valence-electron chi connectivity index (χ2n) is 7.44. The van der Waals surface area contributed by atoms with Crippen LogP contribution in [0.3, 0.4) is 0 Å². The van der Waals surface area contributed by atoms with Crippen LogP contribution in [-0.4, -0.2) is 22.6 Å². The number of rotatable bonds is 3. The molecule has 2 atom stereocenters. The van der Waals surface area contributed by atoms with Gasteiger partial charge in [0.2, 0.25) is 0 Å². The van der Waals surface area contributed by atoms with E-state index in [2.05, 4.69) is 0 Å². The van der Waals surface area contributed by atoms with Crippen molar-refractivity contribution in [2.24, 2.45) is 16.7 Å². The van der Waals surface area contributed by atoms with E-state index in [1.54, 1.807) is 0 Å². The molecule has 0 bridgehead atoms. The summed E-state index contributed by atoms with van der Waals surface area (Å²) in [5, 5.41) is 9.30. The van der Waals surface area contributed by atoms with Gasteiger partial charge in [-0.1, -0.05) is 26.8 Å². The Labute approximate surface area is 121 Å². The molecule has 0 saturated heterocycles. The van der Waals surface area contributed by atoms with E-state index in [-0.39, 0.29) is 17.3 Å².